The van der Waals surface area contributed by atoms with E-state index in [1.54, 1.807) is 36.4 Å². The zero-order chi connectivity index (χ0) is 22.8. The fraction of sp³-hybridized carbons (Fsp3) is 0.120. The number of carbonyl (C=O) groups is 1. The molecule has 0 aliphatic heterocycles. The Morgan fingerprint density at radius 3 is 2.50 bits per heavy atom. The Balaban J connectivity index is 1.70. The summed E-state index contributed by atoms with van der Waals surface area (Å²) in [5.41, 5.74) is 2.75. The summed E-state index contributed by atoms with van der Waals surface area (Å²) < 4.78 is 17.1. The van der Waals surface area contributed by atoms with Gasteiger partial charge in [0.15, 0.2) is 0 Å². The van der Waals surface area contributed by atoms with Crippen LogP contribution in [0.25, 0.3) is 22.1 Å². The molecule has 4 aromatic rings. The second-order valence-corrected chi connectivity index (χ2v) is 8.07. The van der Waals surface area contributed by atoms with Gasteiger partial charge in [-0.15, -0.1) is 0 Å². The lowest BCUT2D eigenvalue weighted by Gasteiger charge is -2.14. The Kier molecular flexibility index (Phi) is 6.01. The highest BCUT2D eigenvalue weighted by atomic mass is 79.9. The minimum absolute atomic E-state index is 0.328. The highest BCUT2D eigenvalue weighted by molar-refractivity contribution is 9.10. The van der Waals surface area contributed by atoms with Crippen LogP contribution in [-0.4, -0.2) is 20.1 Å². The van der Waals surface area contributed by atoms with Crippen LogP contribution < -0.4 is 20.4 Å². The number of hydrogen-bond acceptors (Lipinski definition) is 5. The van der Waals surface area contributed by atoms with Crippen molar-refractivity contribution < 1.29 is 18.7 Å². The Morgan fingerprint density at radius 2 is 1.75 bits per heavy atom. The van der Waals surface area contributed by atoms with Crippen LogP contribution >= 0.6 is 15.9 Å². The van der Waals surface area contributed by atoms with Crippen LogP contribution in [0.1, 0.15) is 15.9 Å². The summed E-state index contributed by atoms with van der Waals surface area (Å²) in [6.07, 6.45) is 0. The van der Waals surface area contributed by atoms with Gasteiger partial charge in [-0.2, -0.15) is 0 Å². The van der Waals surface area contributed by atoms with Crippen LogP contribution in [-0.2, 0) is 0 Å². The number of amides is 1. The van der Waals surface area contributed by atoms with Gasteiger partial charge in [-0.05, 0) is 48.9 Å². The van der Waals surface area contributed by atoms with E-state index in [-0.39, 0.29) is 5.91 Å². The first kappa shape index (κ1) is 21.6. The van der Waals surface area contributed by atoms with Crippen LogP contribution in [0.3, 0.4) is 0 Å². The van der Waals surface area contributed by atoms with Crippen LogP contribution in [0.2, 0.25) is 0 Å². The average molecular weight is 494 g/mol. The van der Waals surface area contributed by atoms with Crippen LogP contribution in [0.15, 0.2) is 74.3 Å². The number of para-hydroxylation sites is 1. The van der Waals surface area contributed by atoms with Gasteiger partial charge in [0.2, 0.25) is 0 Å². The molecular weight excluding hydrogens is 474 g/mol. The Bertz CT molecular complexity index is 1390. The molecule has 0 fully saturated rings. The zero-order valence-electron chi connectivity index (χ0n) is 17.7. The van der Waals surface area contributed by atoms with Crippen molar-refractivity contribution in [2.75, 3.05) is 19.5 Å². The maximum atomic E-state index is 12.9. The van der Waals surface area contributed by atoms with E-state index in [0.717, 1.165) is 15.4 Å². The SMILES string of the molecule is COc1cc(NC(=O)c2cc(Br)cc(C)c2OC)ccc1-c1cc2ccccc2oc1=O. The summed E-state index contributed by atoms with van der Waals surface area (Å²) in [6, 6.07) is 17.7. The topological polar surface area (TPSA) is 77.8 Å². The van der Waals surface area contributed by atoms with Gasteiger partial charge in [-0.1, -0.05) is 34.1 Å². The van der Waals surface area contributed by atoms with Crippen LogP contribution in [0.5, 0.6) is 11.5 Å². The number of anilines is 1. The van der Waals surface area contributed by atoms with Crippen molar-refractivity contribution in [2.24, 2.45) is 0 Å². The molecular formula is C25H20BrNO5. The van der Waals surface area contributed by atoms with Gasteiger partial charge in [0.05, 0.1) is 25.3 Å². The number of rotatable bonds is 5. The number of aryl methyl sites for hydroxylation is 1. The Morgan fingerprint density at radius 1 is 0.969 bits per heavy atom. The quantitative estimate of drug-likeness (QED) is 0.355. The van der Waals surface area contributed by atoms with E-state index >= 15 is 0 Å². The maximum Gasteiger partial charge on any atom is 0.344 e. The second kappa shape index (κ2) is 8.88. The van der Waals surface area contributed by atoms with E-state index in [9.17, 15) is 9.59 Å². The van der Waals surface area contributed by atoms with E-state index in [1.807, 2.05) is 31.2 Å². The molecule has 0 atom stereocenters. The van der Waals surface area contributed by atoms with E-state index < -0.39 is 5.63 Å². The van der Waals surface area contributed by atoms with Crippen molar-refractivity contribution in [1.29, 1.82) is 0 Å². The van der Waals surface area contributed by atoms with Crippen LogP contribution in [0, 0.1) is 6.92 Å². The van der Waals surface area contributed by atoms with Gasteiger partial charge >= 0.3 is 5.63 Å². The lowest BCUT2D eigenvalue weighted by molar-refractivity contribution is 0.102. The van der Waals surface area contributed by atoms with E-state index in [2.05, 4.69) is 21.2 Å². The zero-order valence-corrected chi connectivity index (χ0v) is 19.3. The Labute approximate surface area is 192 Å². The molecule has 32 heavy (non-hydrogen) atoms. The number of benzene rings is 3. The van der Waals surface area contributed by atoms with Gasteiger partial charge in [0.1, 0.15) is 17.1 Å². The lowest BCUT2D eigenvalue weighted by Crippen LogP contribution is -2.14. The van der Waals surface area contributed by atoms with Gasteiger partial charge in [-0.25, -0.2) is 4.79 Å². The highest BCUT2D eigenvalue weighted by Crippen LogP contribution is 2.33. The lowest BCUT2D eigenvalue weighted by atomic mass is 10.0. The number of methoxy groups -OCH3 is 2. The number of carbonyl (C=O) groups excluding carboxylic acids is 1. The summed E-state index contributed by atoms with van der Waals surface area (Å²) in [6.45, 7) is 1.87. The van der Waals surface area contributed by atoms with Crippen molar-refractivity contribution >= 4 is 38.5 Å². The summed E-state index contributed by atoms with van der Waals surface area (Å²) >= 11 is 3.42. The first-order valence-corrected chi connectivity index (χ1v) is 10.6. The summed E-state index contributed by atoms with van der Waals surface area (Å²) in [5.74, 6) is 0.608. The molecule has 7 heteroatoms. The van der Waals surface area contributed by atoms with Gasteiger partial charge in [-0.3, -0.25) is 4.79 Å². The maximum absolute atomic E-state index is 12.9. The molecule has 0 saturated carbocycles. The molecule has 1 N–H and O–H groups in total. The molecule has 0 radical (unpaired) electrons. The van der Waals surface area contributed by atoms with Gasteiger partial charge < -0.3 is 19.2 Å². The minimum atomic E-state index is -0.465. The third-order valence-electron chi connectivity index (χ3n) is 5.08. The molecule has 1 heterocycles. The fourth-order valence-corrected chi connectivity index (χ4v) is 4.18. The number of halogens is 1. The van der Waals surface area contributed by atoms with Crippen molar-refractivity contribution in [3.63, 3.8) is 0 Å². The first-order valence-electron chi connectivity index (χ1n) is 9.78. The van der Waals surface area contributed by atoms with Crippen molar-refractivity contribution in [2.45, 2.75) is 6.92 Å². The molecule has 0 unspecified atom stereocenters. The molecule has 1 amide bonds. The minimum Gasteiger partial charge on any atom is -0.496 e. The molecule has 6 nitrogen and oxygen atoms in total. The predicted molar refractivity (Wildman–Crippen MR) is 128 cm³/mol. The van der Waals surface area contributed by atoms with Gasteiger partial charge in [0.25, 0.3) is 5.91 Å². The van der Waals surface area contributed by atoms with Crippen molar-refractivity contribution in [3.8, 4) is 22.6 Å². The smallest absolute Gasteiger partial charge is 0.344 e. The summed E-state index contributed by atoms with van der Waals surface area (Å²) in [5, 5.41) is 3.67. The van der Waals surface area contributed by atoms with Crippen LogP contribution in [0.4, 0.5) is 5.69 Å². The average Bonchev–Trinajstić information content (AvgIpc) is 2.78. The fourth-order valence-electron chi connectivity index (χ4n) is 3.61. The van der Waals surface area contributed by atoms with E-state index in [0.29, 0.717) is 39.5 Å². The first-order chi connectivity index (χ1) is 15.4. The molecule has 0 spiro atoms. The molecule has 0 bridgehead atoms. The number of nitrogens with one attached hydrogen (secondary N) is 1. The summed E-state index contributed by atoms with van der Waals surface area (Å²) in [4.78, 5) is 25.5. The third kappa shape index (κ3) is 4.11. The van der Waals surface area contributed by atoms with Crippen molar-refractivity contribution in [3.05, 3.63) is 86.7 Å². The number of ether oxygens (including phenoxy) is 2. The Hall–Kier alpha value is -3.58. The largest absolute Gasteiger partial charge is 0.496 e. The molecule has 1 aromatic heterocycles. The number of fused-ring (bicyclic) bond motifs is 1. The third-order valence-corrected chi connectivity index (χ3v) is 5.54. The molecule has 162 valence electrons. The normalized spacial score (nSPS) is 10.8. The second-order valence-electron chi connectivity index (χ2n) is 7.16. The highest BCUT2D eigenvalue weighted by Gasteiger charge is 2.18. The summed E-state index contributed by atoms with van der Waals surface area (Å²) in [7, 11) is 3.04. The molecule has 0 aliphatic rings. The molecule has 4 rings (SSSR count). The molecule has 0 aliphatic carbocycles. The van der Waals surface area contributed by atoms with E-state index in [1.165, 1.54) is 14.2 Å². The molecule has 3 aromatic carbocycles. The monoisotopic (exact) mass is 493 g/mol. The van der Waals surface area contributed by atoms with Crippen molar-refractivity contribution in [1.82, 2.24) is 0 Å². The molecule has 0 saturated heterocycles. The van der Waals surface area contributed by atoms with E-state index in [4.69, 9.17) is 13.9 Å². The standard InChI is InChI=1S/C25H20BrNO5/c1-14-10-16(26)12-20(23(14)31-3)24(28)27-17-8-9-18(22(13-17)30-2)19-11-15-6-4-5-7-21(15)32-25(19)29/h4-13H,1-3H3,(H,27,28). The predicted octanol–water partition coefficient (Wildman–Crippen LogP) is 5.80. The number of hydrogen-bond donors (Lipinski definition) is 1. The van der Waals surface area contributed by atoms with Gasteiger partial charge in [0, 0.05) is 27.2 Å².